The molecule has 0 N–H and O–H groups in total. The van der Waals surface area contributed by atoms with Crippen LogP contribution < -0.4 is 10.6 Å². The molecule has 0 radical (unpaired) electrons. The van der Waals surface area contributed by atoms with Crippen molar-refractivity contribution in [3.05, 3.63) is 51.2 Å². The number of piperazine rings is 1. The van der Waals surface area contributed by atoms with Gasteiger partial charge in [0.15, 0.2) is 0 Å². The number of ether oxygens (including phenoxy) is 1. The first-order valence-corrected chi connectivity index (χ1v) is 14.5. The van der Waals surface area contributed by atoms with Crippen molar-refractivity contribution in [2.75, 3.05) is 30.9 Å². The number of aromatic nitrogens is 2. The van der Waals surface area contributed by atoms with Gasteiger partial charge < -0.3 is 14.5 Å². The molecule has 1 aromatic carbocycles. The van der Waals surface area contributed by atoms with E-state index in [-0.39, 0.29) is 41.3 Å². The van der Waals surface area contributed by atoms with E-state index >= 15 is 0 Å². The number of methoxy groups -OCH3 is 1. The molecule has 1 amide bonds. The van der Waals surface area contributed by atoms with Crippen molar-refractivity contribution < 1.29 is 22.7 Å². The Hall–Kier alpha value is -2.54. The number of rotatable bonds is 4. The standard InChI is InChI=1S/C26H26ClF3N4O3S2/c1-5-20(35)34-13(2)8-32(9-14(34)3)24-17-7-18(26(28,29)30)21(19-6-15(27)11-38-19)23-22(17)33(25(36)31-24)10-16(37-4)12-39-23/h5-7,11,13-14,16H,1,8-10,12H2,2-4H3/t13-,14+,16?. The monoisotopic (exact) mass is 598 g/mol. The van der Waals surface area contributed by atoms with E-state index in [0.717, 1.165) is 17.4 Å². The summed E-state index contributed by atoms with van der Waals surface area (Å²) in [5, 5.41) is 2.16. The van der Waals surface area contributed by atoms with Gasteiger partial charge in [0, 0.05) is 64.1 Å². The van der Waals surface area contributed by atoms with Gasteiger partial charge >= 0.3 is 11.9 Å². The Kier molecular flexibility index (Phi) is 7.51. The van der Waals surface area contributed by atoms with Crippen molar-refractivity contribution in [3.8, 4) is 10.4 Å². The van der Waals surface area contributed by atoms with E-state index in [9.17, 15) is 22.8 Å². The van der Waals surface area contributed by atoms with Crippen LogP contribution in [-0.4, -0.2) is 64.5 Å². The fourth-order valence-electron chi connectivity index (χ4n) is 5.47. The predicted molar refractivity (Wildman–Crippen MR) is 149 cm³/mol. The quantitative estimate of drug-likeness (QED) is 0.368. The number of alkyl halides is 3. The number of hydrogen-bond donors (Lipinski definition) is 0. The molecule has 1 fully saturated rings. The van der Waals surface area contributed by atoms with E-state index < -0.39 is 23.5 Å². The van der Waals surface area contributed by atoms with Crippen LogP contribution in [0.1, 0.15) is 19.4 Å². The molecular formula is C26H26ClF3N4O3S2. The second-order valence-electron chi connectivity index (χ2n) is 9.70. The van der Waals surface area contributed by atoms with Crippen LogP contribution in [0.4, 0.5) is 19.0 Å². The minimum atomic E-state index is -4.68. The number of amides is 1. The van der Waals surface area contributed by atoms with Crippen LogP contribution >= 0.6 is 34.7 Å². The minimum Gasteiger partial charge on any atom is -0.379 e. The summed E-state index contributed by atoms with van der Waals surface area (Å²) >= 11 is 8.49. The van der Waals surface area contributed by atoms with Gasteiger partial charge in [-0.25, -0.2) is 4.79 Å². The number of carbonyl (C=O) groups is 1. The molecule has 0 saturated carbocycles. The Bertz CT molecular complexity index is 1510. The average molecular weight is 599 g/mol. The van der Waals surface area contributed by atoms with Gasteiger partial charge in [-0.05, 0) is 32.1 Å². The summed E-state index contributed by atoms with van der Waals surface area (Å²) in [4.78, 5) is 34.4. The normalized spacial score (nSPS) is 21.8. The van der Waals surface area contributed by atoms with Crippen LogP contribution in [0.25, 0.3) is 21.3 Å². The minimum absolute atomic E-state index is 0.00193. The first kappa shape index (κ1) is 28.0. The number of thioether (sulfide) groups is 1. The van der Waals surface area contributed by atoms with Gasteiger partial charge in [0.1, 0.15) is 5.82 Å². The molecule has 0 aliphatic carbocycles. The molecule has 13 heteroatoms. The number of benzene rings is 1. The first-order chi connectivity index (χ1) is 18.4. The highest BCUT2D eigenvalue weighted by Gasteiger charge is 2.40. The number of nitrogens with zero attached hydrogens (tertiary/aromatic N) is 4. The molecule has 3 aromatic rings. The van der Waals surface area contributed by atoms with E-state index in [2.05, 4.69) is 11.6 Å². The molecule has 39 heavy (non-hydrogen) atoms. The summed E-state index contributed by atoms with van der Waals surface area (Å²) in [5.74, 6) is 0.303. The Morgan fingerprint density at radius 1 is 1.23 bits per heavy atom. The fourth-order valence-corrected chi connectivity index (χ4v) is 7.99. The third-order valence-corrected chi connectivity index (χ3v) is 9.62. The largest absolute Gasteiger partial charge is 0.417 e. The van der Waals surface area contributed by atoms with Gasteiger partial charge in [-0.1, -0.05) is 18.2 Å². The smallest absolute Gasteiger partial charge is 0.379 e. The van der Waals surface area contributed by atoms with Crippen LogP contribution in [-0.2, 0) is 22.3 Å². The number of carbonyl (C=O) groups excluding carboxylic acids is 1. The summed E-state index contributed by atoms with van der Waals surface area (Å²) in [5.41, 5.74) is -0.987. The van der Waals surface area contributed by atoms with Gasteiger partial charge in [-0.3, -0.25) is 9.36 Å². The highest BCUT2D eigenvalue weighted by molar-refractivity contribution is 7.99. The van der Waals surface area contributed by atoms with Gasteiger partial charge in [0.05, 0.1) is 28.8 Å². The van der Waals surface area contributed by atoms with E-state index in [1.165, 1.54) is 35.6 Å². The lowest BCUT2D eigenvalue weighted by Gasteiger charge is -2.44. The van der Waals surface area contributed by atoms with E-state index in [0.29, 0.717) is 39.2 Å². The SMILES string of the molecule is C=CC(=O)N1[C@H](C)CN(c2nc(=O)n3c4c(c(-c5cc(Cl)cs5)c(C(F)(F)F)cc24)SCC(OC)C3)C[C@@H]1C. The summed E-state index contributed by atoms with van der Waals surface area (Å²) < 4.78 is 51.0. The lowest BCUT2D eigenvalue weighted by Crippen LogP contribution is -2.58. The number of thiophene rings is 1. The Labute approximate surface area is 236 Å². The number of hydrogen-bond acceptors (Lipinski definition) is 7. The second-order valence-corrected chi connectivity index (χ2v) is 12.1. The maximum atomic E-state index is 14.7. The van der Waals surface area contributed by atoms with Crippen molar-refractivity contribution in [1.29, 1.82) is 0 Å². The lowest BCUT2D eigenvalue weighted by molar-refractivity contribution is -0.137. The van der Waals surface area contributed by atoms with Crippen LogP contribution in [0.2, 0.25) is 5.02 Å². The fraction of sp³-hybridized carbons (Fsp3) is 0.423. The van der Waals surface area contributed by atoms with Crippen LogP contribution in [0.3, 0.4) is 0 Å². The Morgan fingerprint density at radius 3 is 2.49 bits per heavy atom. The van der Waals surface area contributed by atoms with Crippen molar-refractivity contribution in [2.45, 2.75) is 49.7 Å². The Balaban J connectivity index is 1.81. The summed E-state index contributed by atoms with van der Waals surface area (Å²) in [7, 11) is 1.51. The molecule has 1 saturated heterocycles. The van der Waals surface area contributed by atoms with Crippen molar-refractivity contribution in [3.63, 3.8) is 0 Å². The number of halogens is 4. The second kappa shape index (κ2) is 10.5. The average Bonchev–Trinajstić information content (AvgIpc) is 3.20. The van der Waals surface area contributed by atoms with E-state index in [4.69, 9.17) is 16.3 Å². The third-order valence-electron chi connectivity index (χ3n) is 7.10. The molecule has 5 rings (SSSR count). The molecule has 2 aliphatic heterocycles. The van der Waals surface area contributed by atoms with Crippen LogP contribution in [0.15, 0.2) is 39.9 Å². The predicted octanol–water partition coefficient (Wildman–Crippen LogP) is 5.53. The molecule has 7 nitrogen and oxygen atoms in total. The molecule has 1 unspecified atom stereocenters. The molecule has 2 aromatic heterocycles. The van der Waals surface area contributed by atoms with Gasteiger partial charge in [-0.2, -0.15) is 18.2 Å². The summed E-state index contributed by atoms with van der Waals surface area (Å²) in [6.07, 6.45) is -3.84. The van der Waals surface area contributed by atoms with Crippen molar-refractivity contribution in [1.82, 2.24) is 14.5 Å². The summed E-state index contributed by atoms with van der Waals surface area (Å²) in [6, 6.07) is 2.05. The topological polar surface area (TPSA) is 67.7 Å². The molecule has 2 aliphatic rings. The van der Waals surface area contributed by atoms with Gasteiger partial charge in [0.25, 0.3) is 0 Å². The first-order valence-electron chi connectivity index (χ1n) is 12.2. The van der Waals surface area contributed by atoms with Gasteiger partial charge in [0.2, 0.25) is 5.91 Å². The van der Waals surface area contributed by atoms with Crippen molar-refractivity contribution in [2.24, 2.45) is 0 Å². The van der Waals surface area contributed by atoms with Gasteiger partial charge in [-0.15, -0.1) is 23.1 Å². The number of anilines is 1. The summed E-state index contributed by atoms with van der Waals surface area (Å²) in [6.45, 7) is 8.02. The highest BCUT2D eigenvalue weighted by atomic mass is 35.5. The molecule has 3 atom stereocenters. The Morgan fingerprint density at radius 2 is 1.92 bits per heavy atom. The maximum Gasteiger partial charge on any atom is 0.417 e. The van der Waals surface area contributed by atoms with Crippen molar-refractivity contribution >= 4 is 57.3 Å². The highest BCUT2D eigenvalue weighted by Crippen LogP contribution is 2.50. The maximum absolute atomic E-state index is 14.7. The van der Waals surface area contributed by atoms with E-state index in [1.807, 2.05) is 13.8 Å². The van der Waals surface area contributed by atoms with Crippen LogP contribution in [0.5, 0.6) is 0 Å². The molecule has 0 bridgehead atoms. The molecule has 208 valence electrons. The van der Waals surface area contributed by atoms with Crippen LogP contribution in [0, 0.1) is 0 Å². The molecule has 4 heterocycles. The lowest BCUT2D eigenvalue weighted by atomic mass is 10.0. The molecule has 0 spiro atoms. The third kappa shape index (κ3) is 4.96. The zero-order valence-corrected chi connectivity index (χ0v) is 23.8. The molecular weight excluding hydrogens is 573 g/mol. The zero-order chi connectivity index (χ0) is 28.2. The zero-order valence-electron chi connectivity index (χ0n) is 21.4. The van der Waals surface area contributed by atoms with E-state index in [1.54, 1.807) is 15.2 Å².